The number of nitrogens with one attached hydrogen (secondary N) is 2. The average molecular weight is 371 g/mol. The first-order chi connectivity index (χ1) is 13.0. The number of fused-ring (bicyclic) bond motifs is 1. The van der Waals surface area contributed by atoms with Crippen LogP contribution in [-0.4, -0.2) is 57.1 Å². The zero-order chi connectivity index (χ0) is 19.6. The van der Waals surface area contributed by atoms with Crippen molar-refractivity contribution in [2.24, 2.45) is 0 Å². The van der Waals surface area contributed by atoms with Gasteiger partial charge < -0.3 is 15.4 Å². The van der Waals surface area contributed by atoms with Gasteiger partial charge in [-0.25, -0.2) is 0 Å². The molecular formula is C21H29N3O3. The highest BCUT2D eigenvalue weighted by Gasteiger charge is 2.15. The van der Waals surface area contributed by atoms with Crippen LogP contribution in [0.1, 0.15) is 24.9 Å². The number of hydrogen-bond donors (Lipinski definition) is 2. The fourth-order valence-corrected chi connectivity index (χ4v) is 3.04. The maximum atomic E-state index is 12.4. The Morgan fingerprint density at radius 3 is 2.56 bits per heavy atom. The van der Waals surface area contributed by atoms with E-state index in [0.29, 0.717) is 13.2 Å². The first-order valence-electron chi connectivity index (χ1n) is 9.22. The number of amides is 2. The number of rotatable bonds is 10. The smallest absolute Gasteiger partial charge is 0.234 e. The Bertz CT molecular complexity index is 758. The Morgan fingerprint density at radius 2 is 1.78 bits per heavy atom. The third-order valence-electron chi connectivity index (χ3n) is 4.34. The van der Waals surface area contributed by atoms with Gasteiger partial charge in [0.15, 0.2) is 0 Å². The number of ether oxygens (including phenoxy) is 1. The Hall–Kier alpha value is -2.44. The van der Waals surface area contributed by atoms with Crippen LogP contribution in [0.25, 0.3) is 10.8 Å². The Labute approximate surface area is 160 Å². The van der Waals surface area contributed by atoms with E-state index in [0.717, 1.165) is 22.8 Å². The van der Waals surface area contributed by atoms with Crippen LogP contribution in [0, 0.1) is 0 Å². The minimum atomic E-state index is -0.111. The van der Waals surface area contributed by atoms with Crippen molar-refractivity contribution in [1.29, 1.82) is 0 Å². The van der Waals surface area contributed by atoms with Gasteiger partial charge in [0.25, 0.3) is 0 Å². The summed E-state index contributed by atoms with van der Waals surface area (Å²) >= 11 is 0. The summed E-state index contributed by atoms with van der Waals surface area (Å²) in [6, 6.07) is 14.1. The normalized spacial score (nSPS) is 12.1. The van der Waals surface area contributed by atoms with Crippen molar-refractivity contribution < 1.29 is 14.3 Å². The van der Waals surface area contributed by atoms with E-state index >= 15 is 0 Å². The molecule has 0 heterocycles. The van der Waals surface area contributed by atoms with Crippen LogP contribution >= 0.6 is 0 Å². The fourth-order valence-electron chi connectivity index (χ4n) is 3.04. The summed E-state index contributed by atoms with van der Waals surface area (Å²) in [5.41, 5.74) is 1.08. The SMILES string of the molecule is COCCCNC(=O)CN(C)CC(=O)NC(C)c1cccc2ccccc12. The molecule has 0 radical (unpaired) electrons. The highest BCUT2D eigenvalue weighted by Crippen LogP contribution is 2.23. The van der Waals surface area contributed by atoms with Gasteiger partial charge in [0.1, 0.15) is 0 Å². The standard InChI is InChI=1S/C21H29N3O3/c1-16(18-11-6-9-17-8-4-5-10-19(17)18)23-21(26)15-24(2)14-20(25)22-12-7-13-27-3/h4-6,8-11,16H,7,12-15H2,1-3H3,(H,22,25)(H,23,26). The molecule has 2 amide bonds. The molecule has 0 aromatic heterocycles. The molecule has 0 aliphatic rings. The summed E-state index contributed by atoms with van der Waals surface area (Å²) in [7, 11) is 3.39. The lowest BCUT2D eigenvalue weighted by molar-refractivity contribution is -0.124. The van der Waals surface area contributed by atoms with Gasteiger partial charge in [-0.1, -0.05) is 42.5 Å². The lowest BCUT2D eigenvalue weighted by Crippen LogP contribution is -2.41. The lowest BCUT2D eigenvalue weighted by atomic mass is 10.00. The summed E-state index contributed by atoms with van der Waals surface area (Å²) in [6.45, 7) is 3.52. The second-order valence-corrected chi connectivity index (χ2v) is 6.73. The van der Waals surface area contributed by atoms with Crippen molar-refractivity contribution in [3.05, 3.63) is 48.0 Å². The van der Waals surface area contributed by atoms with Gasteiger partial charge in [0.2, 0.25) is 11.8 Å². The Kier molecular flexibility index (Phi) is 8.23. The van der Waals surface area contributed by atoms with Gasteiger partial charge in [-0.15, -0.1) is 0 Å². The van der Waals surface area contributed by atoms with Crippen LogP contribution in [0.5, 0.6) is 0 Å². The number of carbonyl (C=O) groups is 2. The van der Waals surface area contributed by atoms with E-state index in [4.69, 9.17) is 4.74 Å². The molecule has 0 spiro atoms. The van der Waals surface area contributed by atoms with Crippen molar-refractivity contribution >= 4 is 22.6 Å². The van der Waals surface area contributed by atoms with Gasteiger partial charge in [-0.3, -0.25) is 14.5 Å². The van der Waals surface area contributed by atoms with Gasteiger partial charge in [-0.2, -0.15) is 0 Å². The largest absolute Gasteiger partial charge is 0.385 e. The number of carbonyl (C=O) groups excluding carboxylic acids is 2. The molecule has 1 atom stereocenters. The van der Waals surface area contributed by atoms with E-state index in [2.05, 4.69) is 28.8 Å². The lowest BCUT2D eigenvalue weighted by Gasteiger charge is -2.20. The highest BCUT2D eigenvalue weighted by molar-refractivity contribution is 5.87. The molecule has 0 bridgehead atoms. The second kappa shape index (κ2) is 10.6. The monoisotopic (exact) mass is 371 g/mol. The zero-order valence-corrected chi connectivity index (χ0v) is 16.3. The van der Waals surface area contributed by atoms with Crippen molar-refractivity contribution in [3.8, 4) is 0 Å². The third-order valence-corrected chi connectivity index (χ3v) is 4.34. The quantitative estimate of drug-likeness (QED) is 0.628. The minimum absolute atomic E-state index is 0.0940. The fraction of sp³-hybridized carbons (Fsp3) is 0.429. The number of nitrogens with zero attached hydrogens (tertiary/aromatic N) is 1. The maximum Gasteiger partial charge on any atom is 0.234 e. The van der Waals surface area contributed by atoms with E-state index in [1.54, 1.807) is 19.1 Å². The summed E-state index contributed by atoms with van der Waals surface area (Å²) in [5.74, 6) is -0.200. The summed E-state index contributed by atoms with van der Waals surface area (Å²) in [6.07, 6.45) is 0.773. The molecule has 0 saturated heterocycles. The Balaban J connectivity index is 1.83. The summed E-state index contributed by atoms with van der Waals surface area (Å²) in [4.78, 5) is 25.9. The molecule has 2 aromatic rings. The number of hydrogen-bond acceptors (Lipinski definition) is 4. The van der Waals surface area contributed by atoms with Gasteiger partial charge in [0, 0.05) is 20.3 Å². The first-order valence-corrected chi connectivity index (χ1v) is 9.22. The van der Waals surface area contributed by atoms with Crippen LogP contribution in [0.3, 0.4) is 0 Å². The van der Waals surface area contributed by atoms with E-state index in [9.17, 15) is 9.59 Å². The molecule has 0 aliphatic carbocycles. The number of methoxy groups -OCH3 is 1. The molecular weight excluding hydrogens is 342 g/mol. The van der Waals surface area contributed by atoms with E-state index < -0.39 is 0 Å². The van der Waals surface area contributed by atoms with E-state index in [-0.39, 0.29) is 30.9 Å². The average Bonchev–Trinajstić information content (AvgIpc) is 2.64. The Morgan fingerprint density at radius 1 is 1.07 bits per heavy atom. The molecule has 1 unspecified atom stereocenters. The number of likely N-dealkylation sites (N-methyl/N-ethyl adjacent to an activating group) is 1. The van der Waals surface area contributed by atoms with Crippen LogP contribution in [0.4, 0.5) is 0 Å². The molecule has 0 aliphatic heterocycles. The summed E-state index contributed by atoms with van der Waals surface area (Å²) < 4.78 is 4.94. The first kappa shape index (κ1) is 20.9. The van der Waals surface area contributed by atoms with Crippen LogP contribution in [0.2, 0.25) is 0 Å². The predicted octanol–water partition coefficient (Wildman–Crippen LogP) is 2.10. The van der Waals surface area contributed by atoms with Gasteiger partial charge in [-0.05, 0) is 36.7 Å². The molecule has 0 fully saturated rings. The molecule has 2 N–H and O–H groups in total. The van der Waals surface area contributed by atoms with Crippen LogP contribution < -0.4 is 10.6 Å². The van der Waals surface area contributed by atoms with Gasteiger partial charge in [0.05, 0.1) is 19.1 Å². The minimum Gasteiger partial charge on any atom is -0.385 e. The van der Waals surface area contributed by atoms with Crippen molar-refractivity contribution in [3.63, 3.8) is 0 Å². The topological polar surface area (TPSA) is 70.7 Å². The zero-order valence-electron chi connectivity index (χ0n) is 16.3. The van der Waals surface area contributed by atoms with Crippen molar-refractivity contribution in [2.45, 2.75) is 19.4 Å². The third kappa shape index (κ3) is 6.66. The van der Waals surface area contributed by atoms with E-state index in [1.807, 2.05) is 31.2 Å². The van der Waals surface area contributed by atoms with Crippen molar-refractivity contribution in [1.82, 2.24) is 15.5 Å². The molecule has 0 saturated carbocycles. The second-order valence-electron chi connectivity index (χ2n) is 6.73. The molecule has 27 heavy (non-hydrogen) atoms. The highest BCUT2D eigenvalue weighted by atomic mass is 16.5. The predicted molar refractivity (Wildman–Crippen MR) is 108 cm³/mol. The van der Waals surface area contributed by atoms with Crippen LogP contribution in [-0.2, 0) is 14.3 Å². The maximum absolute atomic E-state index is 12.4. The van der Waals surface area contributed by atoms with Crippen molar-refractivity contribution in [2.75, 3.05) is 40.4 Å². The molecule has 6 heteroatoms. The summed E-state index contributed by atoms with van der Waals surface area (Å²) in [5, 5.41) is 8.13. The molecule has 146 valence electrons. The van der Waals surface area contributed by atoms with Crippen LogP contribution in [0.15, 0.2) is 42.5 Å². The number of benzene rings is 2. The molecule has 6 nitrogen and oxygen atoms in total. The molecule has 2 aromatic carbocycles. The van der Waals surface area contributed by atoms with E-state index in [1.165, 1.54) is 0 Å². The van der Waals surface area contributed by atoms with Gasteiger partial charge >= 0.3 is 0 Å². The molecule has 2 rings (SSSR count).